The van der Waals surface area contributed by atoms with Gasteiger partial charge in [-0.25, -0.2) is 0 Å². The maximum Gasteiger partial charge on any atom is 0.147 e. The van der Waals surface area contributed by atoms with Gasteiger partial charge in [0.2, 0.25) is 0 Å². The lowest BCUT2D eigenvalue weighted by Gasteiger charge is -2.09. The van der Waals surface area contributed by atoms with Crippen molar-refractivity contribution in [3.05, 3.63) is 36.3 Å². The van der Waals surface area contributed by atoms with Gasteiger partial charge in [0.05, 0.1) is 12.5 Å². The van der Waals surface area contributed by atoms with E-state index in [2.05, 4.69) is 6.58 Å². The van der Waals surface area contributed by atoms with Crippen molar-refractivity contribution in [2.24, 2.45) is 0 Å². The van der Waals surface area contributed by atoms with Crippen molar-refractivity contribution in [1.29, 1.82) is 5.41 Å². The second kappa shape index (κ2) is 3.01. The van der Waals surface area contributed by atoms with Gasteiger partial charge >= 0.3 is 0 Å². The van der Waals surface area contributed by atoms with Crippen molar-refractivity contribution < 1.29 is 4.74 Å². The normalized spacial score (nSPS) is 16.4. The van der Waals surface area contributed by atoms with E-state index in [0.29, 0.717) is 5.76 Å². The Labute approximate surface area is 60.0 Å². The van der Waals surface area contributed by atoms with Gasteiger partial charge in [-0.3, -0.25) is 0 Å². The Morgan fingerprint density at radius 1 is 1.70 bits per heavy atom. The summed E-state index contributed by atoms with van der Waals surface area (Å²) in [6.45, 7) is 3.61. The minimum atomic E-state index is 0.595. The third-order valence-corrected chi connectivity index (χ3v) is 1.32. The highest BCUT2D eigenvalue weighted by Gasteiger charge is 2.03. The molecule has 0 aromatic rings. The summed E-state index contributed by atoms with van der Waals surface area (Å²) in [6.07, 6.45) is 7.20. The van der Waals surface area contributed by atoms with Gasteiger partial charge in [0.25, 0.3) is 0 Å². The maximum absolute atomic E-state index is 6.94. The van der Waals surface area contributed by atoms with E-state index in [4.69, 9.17) is 10.1 Å². The summed E-state index contributed by atoms with van der Waals surface area (Å²) < 4.78 is 5.02. The van der Waals surface area contributed by atoms with Gasteiger partial charge in [-0.1, -0.05) is 12.7 Å². The molecule has 1 N–H and O–H groups in total. The average molecular weight is 135 g/mol. The summed E-state index contributed by atoms with van der Waals surface area (Å²) in [6, 6.07) is 0. The second-order valence-corrected chi connectivity index (χ2v) is 1.93. The standard InChI is InChI=1S/C8H9NO/c1-2-7-4-3-5-10-8(7)6-9/h2-3,5-6,9H,1,4H2. The highest BCUT2D eigenvalue weighted by atomic mass is 16.5. The van der Waals surface area contributed by atoms with Gasteiger partial charge in [-0.15, -0.1) is 0 Å². The summed E-state index contributed by atoms with van der Waals surface area (Å²) in [7, 11) is 0. The first-order valence-electron chi connectivity index (χ1n) is 3.06. The number of rotatable bonds is 2. The molecule has 0 saturated carbocycles. The molecule has 1 rings (SSSR count). The Morgan fingerprint density at radius 2 is 2.50 bits per heavy atom. The zero-order valence-electron chi connectivity index (χ0n) is 5.63. The number of ether oxygens (including phenoxy) is 1. The first kappa shape index (κ1) is 6.81. The molecule has 2 heteroatoms. The molecule has 0 spiro atoms. The summed E-state index contributed by atoms with van der Waals surface area (Å²) in [4.78, 5) is 0. The van der Waals surface area contributed by atoms with E-state index in [1.54, 1.807) is 12.3 Å². The molecule has 0 aliphatic carbocycles. The SMILES string of the molecule is C=CC1=C(C=N)OC=CC1. The van der Waals surface area contributed by atoms with Crippen LogP contribution < -0.4 is 0 Å². The number of allylic oxidation sites excluding steroid dienone is 4. The predicted molar refractivity (Wildman–Crippen MR) is 40.8 cm³/mol. The average Bonchev–Trinajstić information content (AvgIpc) is 2.04. The van der Waals surface area contributed by atoms with Crippen LogP contribution in [0.5, 0.6) is 0 Å². The van der Waals surface area contributed by atoms with E-state index in [1.807, 2.05) is 6.08 Å². The Morgan fingerprint density at radius 3 is 3.00 bits per heavy atom. The molecule has 52 valence electrons. The molecule has 0 bridgehead atoms. The molecule has 1 heterocycles. The van der Waals surface area contributed by atoms with Gasteiger partial charge in [0.1, 0.15) is 5.76 Å². The Bertz CT molecular complexity index is 191. The van der Waals surface area contributed by atoms with Gasteiger partial charge in [0, 0.05) is 0 Å². The van der Waals surface area contributed by atoms with Crippen LogP contribution in [0.25, 0.3) is 0 Å². The maximum atomic E-state index is 6.94. The third-order valence-electron chi connectivity index (χ3n) is 1.32. The number of hydrogen-bond acceptors (Lipinski definition) is 2. The number of nitrogens with one attached hydrogen (secondary N) is 1. The minimum absolute atomic E-state index is 0.595. The van der Waals surface area contributed by atoms with E-state index < -0.39 is 0 Å². The lowest BCUT2D eigenvalue weighted by atomic mass is 10.1. The molecule has 0 amide bonds. The van der Waals surface area contributed by atoms with Crippen LogP contribution in [0.3, 0.4) is 0 Å². The highest BCUT2D eigenvalue weighted by Crippen LogP contribution is 2.15. The topological polar surface area (TPSA) is 33.1 Å². The van der Waals surface area contributed by atoms with Crippen molar-refractivity contribution >= 4 is 6.21 Å². The highest BCUT2D eigenvalue weighted by molar-refractivity contribution is 5.75. The molecule has 0 fully saturated rings. The van der Waals surface area contributed by atoms with E-state index in [0.717, 1.165) is 12.0 Å². The molecule has 0 saturated heterocycles. The van der Waals surface area contributed by atoms with Gasteiger partial charge in [-0.2, -0.15) is 0 Å². The van der Waals surface area contributed by atoms with E-state index in [1.165, 1.54) is 6.21 Å². The van der Waals surface area contributed by atoms with Gasteiger partial charge in [0.15, 0.2) is 0 Å². The molecule has 0 atom stereocenters. The monoisotopic (exact) mass is 135 g/mol. The molecule has 1 aliphatic rings. The Kier molecular flexibility index (Phi) is 2.05. The fourth-order valence-corrected chi connectivity index (χ4v) is 0.783. The van der Waals surface area contributed by atoms with Crippen molar-refractivity contribution in [2.75, 3.05) is 0 Å². The first-order valence-corrected chi connectivity index (χ1v) is 3.06. The predicted octanol–water partition coefficient (Wildman–Crippen LogP) is 2.01. The van der Waals surface area contributed by atoms with Crippen LogP contribution in [0.4, 0.5) is 0 Å². The lowest BCUT2D eigenvalue weighted by Crippen LogP contribution is -1.96. The van der Waals surface area contributed by atoms with Gasteiger partial charge < -0.3 is 10.1 Å². The second-order valence-electron chi connectivity index (χ2n) is 1.93. The molecule has 0 aromatic carbocycles. The van der Waals surface area contributed by atoms with E-state index in [9.17, 15) is 0 Å². The molecule has 0 radical (unpaired) electrons. The summed E-state index contributed by atoms with van der Waals surface area (Å²) >= 11 is 0. The summed E-state index contributed by atoms with van der Waals surface area (Å²) in [5.41, 5.74) is 0.970. The van der Waals surface area contributed by atoms with Crippen LogP contribution in [0.15, 0.2) is 36.3 Å². The van der Waals surface area contributed by atoms with Crippen molar-refractivity contribution in [3.8, 4) is 0 Å². The van der Waals surface area contributed by atoms with Crippen molar-refractivity contribution in [3.63, 3.8) is 0 Å². The molecule has 10 heavy (non-hydrogen) atoms. The van der Waals surface area contributed by atoms with Gasteiger partial charge in [-0.05, 0) is 18.1 Å². The van der Waals surface area contributed by atoms with E-state index >= 15 is 0 Å². The Hall–Kier alpha value is -1.31. The Balaban J connectivity index is 2.85. The van der Waals surface area contributed by atoms with Crippen LogP contribution in [0, 0.1) is 5.41 Å². The molecular weight excluding hydrogens is 126 g/mol. The van der Waals surface area contributed by atoms with Crippen LogP contribution in [-0.4, -0.2) is 6.21 Å². The summed E-state index contributed by atoms with van der Waals surface area (Å²) in [5, 5.41) is 6.94. The fourth-order valence-electron chi connectivity index (χ4n) is 0.783. The lowest BCUT2D eigenvalue weighted by molar-refractivity contribution is 0.366. The van der Waals surface area contributed by atoms with Crippen LogP contribution >= 0.6 is 0 Å². The summed E-state index contributed by atoms with van der Waals surface area (Å²) in [5.74, 6) is 0.595. The van der Waals surface area contributed by atoms with Crippen LogP contribution in [-0.2, 0) is 4.74 Å². The zero-order chi connectivity index (χ0) is 7.40. The van der Waals surface area contributed by atoms with Crippen molar-refractivity contribution in [2.45, 2.75) is 6.42 Å². The third kappa shape index (κ3) is 1.16. The largest absolute Gasteiger partial charge is 0.463 e. The van der Waals surface area contributed by atoms with Crippen LogP contribution in [0.1, 0.15) is 6.42 Å². The van der Waals surface area contributed by atoms with Crippen molar-refractivity contribution in [1.82, 2.24) is 0 Å². The molecule has 0 aromatic heterocycles. The smallest absolute Gasteiger partial charge is 0.147 e. The fraction of sp³-hybridized carbons (Fsp3) is 0.125. The molecule has 0 unspecified atom stereocenters. The molecule has 1 aliphatic heterocycles. The number of hydrogen-bond donors (Lipinski definition) is 1. The molecule has 2 nitrogen and oxygen atoms in total. The van der Waals surface area contributed by atoms with E-state index in [-0.39, 0.29) is 0 Å². The molecular formula is C8H9NO. The first-order chi connectivity index (χ1) is 4.88. The van der Waals surface area contributed by atoms with Crippen LogP contribution in [0.2, 0.25) is 0 Å². The minimum Gasteiger partial charge on any atom is -0.463 e. The zero-order valence-corrected chi connectivity index (χ0v) is 5.63. The quantitative estimate of drug-likeness (QED) is 0.577.